The second-order valence-corrected chi connectivity index (χ2v) is 8.90. The van der Waals surface area contributed by atoms with Crippen molar-refractivity contribution in [3.63, 3.8) is 0 Å². The lowest BCUT2D eigenvalue weighted by atomic mass is 9.96. The summed E-state index contributed by atoms with van der Waals surface area (Å²) in [4.78, 5) is 26.8. The number of piperidine rings is 1. The van der Waals surface area contributed by atoms with Crippen LogP contribution in [0.1, 0.15) is 33.1 Å². The lowest BCUT2D eigenvalue weighted by Crippen LogP contribution is -2.52. The summed E-state index contributed by atoms with van der Waals surface area (Å²) in [7, 11) is -2.21. The van der Waals surface area contributed by atoms with Crippen molar-refractivity contribution in [1.82, 2.24) is 4.90 Å². The van der Waals surface area contributed by atoms with Crippen LogP contribution in [0.4, 0.5) is 5.69 Å². The number of methoxy groups -OCH3 is 1. The molecule has 9 heteroatoms. The summed E-state index contributed by atoms with van der Waals surface area (Å²) in [5.41, 5.74) is 0.383. The number of hydrogen-bond acceptors (Lipinski definition) is 6. The van der Waals surface area contributed by atoms with Gasteiger partial charge < -0.3 is 14.4 Å². The first-order valence-electron chi connectivity index (χ1n) is 9.81. The lowest BCUT2D eigenvalue weighted by molar-refractivity contribution is -0.151. The molecule has 1 atom stereocenters. The van der Waals surface area contributed by atoms with Crippen LogP contribution in [-0.4, -0.2) is 64.3 Å². The largest absolute Gasteiger partial charge is 0.497 e. The van der Waals surface area contributed by atoms with E-state index in [-0.39, 0.29) is 17.8 Å². The first kappa shape index (κ1) is 23.0. The van der Waals surface area contributed by atoms with Crippen molar-refractivity contribution in [2.75, 3.05) is 37.4 Å². The third-order valence-electron chi connectivity index (χ3n) is 5.05. The molecule has 0 aromatic heterocycles. The quantitative estimate of drug-likeness (QED) is 0.591. The highest BCUT2D eigenvalue weighted by Gasteiger charge is 2.36. The van der Waals surface area contributed by atoms with Crippen LogP contribution in [-0.2, 0) is 24.3 Å². The van der Waals surface area contributed by atoms with Crippen LogP contribution >= 0.6 is 0 Å². The first-order chi connectivity index (χ1) is 13.7. The van der Waals surface area contributed by atoms with Gasteiger partial charge in [0.1, 0.15) is 11.8 Å². The molecule has 1 fully saturated rings. The first-order valence-corrected chi connectivity index (χ1v) is 11.7. The molecule has 8 nitrogen and oxygen atoms in total. The fourth-order valence-corrected chi connectivity index (χ4v) is 4.80. The summed E-state index contributed by atoms with van der Waals surface area (Å²) in [6.07, 6.45) is 2.44. The Bertz CT molecular complexity index is 818. The number of carbonyl (C=O) groups excluding carboxylic acids is 2. The Kier molecular flexibility index (Phi) is 7.89. The molecule has 1 saturated heterocycles. The summed E-state index contributed by atoms with van der Waals surface area (Å²) in [6, 6.07) is 5.79. The average Bonchev–Trinajstić information content (AvgIpc) is 2.70. The molecule has 0 N–H and O–H groups in total. The summed E-state index contributed by atoms with van der Waals surface area (Å²) >= 11 is 0. The van der Waals surface area contributed by atoms with Gasteiger partial charge in [-0.2, -0.15) is 0 Å². The number of likely N-dealkylation sites (tertiary alicyclic amines) is 1. The molecule has 2 rings (SSSR count). The lowest BCUT2D eigenvalue weighted by Gasteiger charge is -2.37. The van der Waals surface area contributed by atoms with Gasteiger partial charge in [-0.3, -0.25) is 13.9 Å². The predicted octanol–water partition coefficient (Wildman–Crippen LogP) is 2.04. The zero-order chi connectivity index (χ0) is 21.6. The fraction of sp³-hybridized carbons (Fsp3) is 0.600. The van der Waals surface area contributed by atoms with Gasteiger partial charge in [0.25, 0.3) is 0 Å². The highest BCUT2D eigenvalue weighted by Crippen LogP contribution is 2.28. The maximum atomic E-state index is 13.2. The molecule has 0 spiro atoms. The Balaban J connectivity index is 2.22. The number of rotatable bonds is 8. The van der Waals surface area contributed by atoms with Gasteiger partial charge >= 0.3 is 5.97 Å². The number of carbonyl (C=O) groups is 2. The van der Waals surface area contributed by atoms with Crippen LogP contribution in [0.25, 0.3) is 0 Å². The third kappa shape index (κ3) is 5.62. The molecule has 1 aromatic carbocycles. The number of benzene rings is 1. The summed E-state index contributed by atoms with van der Waals surface area (Å²) in [5, 5.41) is 0. The minimum absolute atomic E-state index is 0.219. The molecule has 162 valence electrons. The molecule has 0 radical (unpaired) electrons. The van der Waals surface area contributed by atoms with Gasteiger partial charge in [-0.05, 0) is 38.3 Å². The Labute approximate surface area is 172 Å². The van der Waals surface area contributed by atoms with Crippen LogP contribution in [0.15, 0.2) is 24.3 Å². The van der Waals surface area contributed by atoms with Crippen molar-refractivity contribution in [2.45, 2.75) is 39.2 Å². The zero-order valence-electron chi connectivity index (χ0n) is 17.5. The molecular weight excluding hydrogens is 396 g/mol. The van der Waals surface area contributed by atoms with E-state index in [1.807, 2.05) is 0 Å². The monoisotopic (exact) mass is 426 g/mol. The zero-order valence-corrected chi connectivity index (χ0v) is 18.3. The van der Waals surface area contributed by atoms with Crippen molar-refractivity contribution >= 4 is 27.6 Å². The van der Waals surface area contributed by atoms with E-state index in [9.17, 15) is 18.0 Å². The second kappa shape index (κ2) is 9.96. The molecule has 0 bridgehead atoms. The predicted molar refractivity (Wildman–Crippen MR) is 110 cm³/mol. The van der Waals surface area contributed by atoms with Crippen LogP contribution in [0.3, 0.4) is 0 Å². The fourth-order valence-electron chi connectivity index (χ4n) is 3.60. The van der Waals surface area contributed by atoms with E-state index in [0.717, 1.165) is 10.6 Å². The van der Waals surface area contributed by atoms with Crippen LogP contribution < -0.4 is 9.04 Å². The Morgan fingerprint density at radius 3 is 2.41 bits per heavy atom. The number of esters is 1. The van der Waals surface area contributed by atoms with Crippen molar-refractivity contribution in [3.8, 4) is 5.75 Å². The van der Waals surface area contributed by atoms with Gasteiger partial charge in [0.05, 0.1) is 31.6 Å². The molecule has 0 saturated carbocycles. The number of sulfonamides is 1. The number of nitrogens with zero attached hydrogens (tertiary/aromatic N) is 2. The molecule has 0 aliphatic carbocycles. The third-order valence-corrected chi connectivity index (χ3v) is 6.23. The highest BCUT2D eigenvalue weighted by molar-refractivity contribution is 7.92. The normalized spacial score (nSPS) is 16.2. The van der Waals surface area contributed by atoms with Gasteiger partial charge in [0.2, 0.25) is 15.9 Å². The molecular formula is C20H30N2O6S. The SMILES string of the molecule is CCOC(=O)C1CCN(C(=O)[C@H](CC)N(c2cccc(OC)c2)S(C)(=O)=O)CC1. The van der Waals surface area contributed by atoms with E-state index >= 15 is 0 Å². The topological polar surface area (TPSA) is 93.2 Å². The Morgan fingerprint density at radius 1 is 1.24 bits per heavy atom. The second-order valence-electron chi connectivity index (χ2n) is 7.04. The summed E-state index contributed by atoms with van der Waals surface area (Å²) in [5.74, 6) is -0.207. The van der Waals surface area contributed by atoms with E-state index in [1.54, 1.807) is 43.0 Å². The van der Waals surface area contributed by atoms with Crippen LogP contribution in [0.5, 0.6) is 5.75 Å². The summed E-state index contributed by atoms with van der Waals surface area (Å²) in [6.45, 7) is 4.68. The van der Waals surface area contributed by atoms with E-state index in [0.29, 0.717) is 50.4 Å². The number of hydrogen-bond donors (Lipinski definition) is 0. The Hall–Kier alpha value is -2.29. The minimum atomic E-state index is -3.71. The molecule has 1 aliphatic heterocycles. The smallest absolute Gasteiger partial charge is 0.309 e. The van der Waals surface area contributed by atoms with Gasteiger partial charge in [-0.1, -0.05) is 13.0 Å². The van der Waals surface area contributed by atoms with E-state index in [2.05, 4.69) is 0 Å². The highest BCUT2D eigenvalue weighted by atomic mass is 32.2. The van der Waals surface area contributed by atoms with Crippen LogP contribution in [0.2, 0.25) is 0 Å². The molecule has 1 aliphatic rings. The van der Waals surface area contributed by atoms with Gasteiger partial charge in [0.15, 0.2) is 0 Å². The average molecular weight is 427 g/mol. The maximum Gasteiger partial charge on any atom is 0.309 e. The number of anilines is 1. The van der Waals surface area contributed by atoms with Gasteiger partial charge in [0, 0.05) is 19.2 Å². The maximum absolute atomic E-state index is 13.2. The molecule has 1 aromatic rings. The van der Waals surface area contributed by atoms with Crippen molar-refractivity contribution < 1.29 is 27.5 Å². The number of amides is 1. The van der Waals surface area contributed by atoms with Gasteiger partial charge in [-0.25, -0.2) is 8.42 Å². The van der Waals surface area contributed by atoms with E-state index < -0.39 is 16.1 Å². The van der Waals surface area contributed by atoms with E-state index in [4.69, 9.17) is 9.47 Å². The molecule has 1 amide bonds. The van der Waals surface area contributed by atoms with Crippen molar-refractivity contribution in [3.05, 3.63) is 24.3 Å². The van der Waals surface area contributed by atoms with E-state index in [1.165, 1.54) is 7.11 Å². The molecule has 0 unspecified atom stereocenters. The van der Waals surface area contributed by atoms with Gasteiger partial charge in [-0.15, -0.1) is 0 Å². The summed E-state index contributed by atoms with van der Waals surface area (Å²) < 4.78 is 36.6. The van der Waals surface area contributed by atoms with Crippen molar-refractivity contribution in [1.29, 1.82) is 0 Å². The van der Waals surface area contributed by atoms with Crippen molar-refractivity contribution in [2.24, 2.45) is 5.92 Å². The minimum Gasteiger partial charge on any atom is -0.497 e. The molecule has 29 heavy (non-hydrogen) atoms. The van der Waals surface area contributed by atoms with Crippen LogP contribution in [0, 0.1) is 5.92 Å². The molecule has 1 heterocycles. The number of ether oxygens (including phenoxy) is 2. The Morgan fingerprint density at radius 2 is 1.90 bits per heavy atom. The standard InChI is InChI=1S/C20H30N2O6S/c1-5-18(19(23)21-12-10-15(11-13-21)20(24)28-6-2)22(29(4,25)26)16-8-7-9-17(14-16)27-3/h7-9,14-15,18H,5-6,10-13H2,1-4H3/t18-/m0/s1.